The number of thioether (sulfide) groups is 1. The van der Waals surface area contributed by atoms with E-state index in [0.29, 0.717) is 13.0 Å². The Labute approximate surface area is 113 Å². The van der Waals surface area contributed by atoms with Gasteiger partial charge in [0.1, 0.15) is 11.6 Å². The van der Waals surface area contributed by atoms with E-state index in [2.05, 4.69) is 6.92 Å². The molecule has 1 aromatic carbocycles. The van der Waals surface area contributed by atoms with Crippen LogP contribution in [0.4, 0.5) is 4.39 Å². The molecule has 0 aliphatic heterocycles. The maximum absolute atomic E-state index is 13.2. The fourth-order valence-corrected chi connectivity index (χ4v) is 2.29. The maximum atomic E-state index is 13.2. The monoisotopic (exact) mass is 271 g/mol. The van der Waals surface area contributed by atoms with Gasteiger partial charge in [-0.15, -0.1) is 0 Å². The summed E-state index contributed by atoms with van der Waals surface area (Å²) < 4.78 is 18.9. The van der Waals surface area contributed by atoms with E-state index in [1.165, 1.54) is 12.1 Å². The Balaban J connectivity index is 2.52. The second-order valence-corrected chi connectivity index (χ2v) is 5.73. The molecule has 2 N–H and O–H groups in total. The van der Waals surface area contributed by atoms with E-state index in [-0.39, 0.29) is 11.9 Å². The van der Waals surface area contributed by atoms with Crippen LogP contribution >= 0.6 is 11.8 Å². The van der Waals surface area contributed by atoms with Crippen molar-refractivity contribution in [2.24, 2.45) is 5.73 Å². The molecule has 0 bridgehead atoms. The highest BCUT2D eigenvalue weighted by Crippen LogP contribution is 2.21. The molecule has 0 aliphatic rings. The summed E-state index contributed by atoms with van der Waals surface area (Å²) in [6, 6.07) is 4.64. The van der Waals surface area contributed by atoms with Crippen LogP contribution in [-0.2, 0) is 6.42 Å². The molecule has 1 unspecified atom stereocenters. The normalized spacial score (nSPS) is 12.4. The number of hydrogen-bond acceptors (Lipinski definition) is 3. The zero-order valence-corrected chi connectivity index (χ0v) is 11.9. The van der Waals surface area contributed by atoms with Crippen LogP contribution in [0.5, 0.6) is 5.75 Å². The van der Waals surface area contributed by atoms with Crippen molar-refractivity contribution < 1.29 is 9.13 Å². The lowest BCUT2D eigenvalue weighted by Crippen LogP contribution is -2.18. The zero-order chi connectivity index (χ0) is 13.4. The summed E-state index contributed by atoms with van der Waals surface area (Å²) in [7, 11) is 0. The lowest BCUT2D eigenvalue weighted by molar-refractivity contribution is 0.314. The number of rotatable bonds is 8. The highest BCUT2D eigenvalue weighted by atomic mass is 32.2. The van der Waals surface area contributed by atoms with Crippen molar-refractivity contribution in [3.05, 3.63) is 29.6 Å². The van der Waals surface area contributed by atoms with Gasteiger partial charge in [0.05, 0.1) is 6.61 Å². The van der Waals surface area contributed by atoms with Gasteiger partial charge in [0, 0.05) is 6.04 Å². The van der Waals surface area contributed by atoms with Crippen molar-refractivity contribution in [2.75, 3.05) is 18.1 Å². The van der Waals surface area contributed by atoms with E-state index >= 15 is 0 Å². The Bertz CT molecular complexity index is 358. The van der Waals surface area contributed by atoms with E-state index < -0.39 is 0 Å². The molecule has 1 atom stereocenters. The first-order valence-electron chi connectivity index (χ1n) is 6.38. The summed E-state index contributed by atoms with van der Waals surface area (Å²) >= 11 is 1.90. The minimum atomic E-state index is -0.237. The third kappa shape index (κ3) is 5.74. The Morgan fingerprint density at radius 2 is 2.22 bits per heavy atom. The molecule has 2 nitrogen and oxygen atoms in total. The molecule has 0 amide bonds. The first-order valence-corrected chi connectivity index (χ1v) is 7.53. The lowest BCUT2D eigenvalue weighted by Gasteiger charge is -2.13. The van der Waals surface area contributed by atoms with Crippen molar-refractivity contribution in [3.8, 4) is 5.75 Å². The average Bonchev–Trinajstić information content (AvgIpc) is 2.30. The van der Waals surface area contributed by atoms with Crippen LogP contribution in [0.1, 0.15) is 25.8 Å². The minimum Gasteiger partial charge on any atom is -0.493 e. The first-order chi connectivity index (χ1) is 8.63. The van der Waals surface area contributed by atoms with Gasteiger partial charge in [-0.1, -0.05) is 6.92 Å². The highest BCUT2D eigenvalue weighted by molar-refractivity contribution is 7.99. The van der Waals surface area contributed by atoms with Crippen LogP contribution in [0.2, 0.25) is 0 Å². The Kier molecular flexibility index (Phi) is 7.13. The Morgan fingerprint density at radius 1 is 1.44 bits per heavy atom. The molecule has 0 radical (unpaired) electrons. The molecule has 1 rings (SSSR count). The van der Waals surface area contributed by atoms with Crippen molar-refractivity contribution in [1.29, 1.82) is 0 Å². The summed E-state index contributed by atoms with van der Waals surface area (Å²) in [4.78, 5) is 0. The average molecular weight is 271 g/mol. The van der Waals surface area contributed by atoms with Crippen molar-refractivity contribution in [2.45, 2.75) is 32.7 Å². The topological polar surface area (TPSA) is 35.2 Å². The molecule has 0 aliphatic carbocycles. The summed E-state index contributed by atoms with van der Waals surface area (Å²) in [6.45, 7) is 4.73. The molecule has 1 aromatic rings. The van der Waals surface area contributed by atoms with E-state index in [0.717, 1.165) is 29.2 Å². The van der Waals surface area contributed by atoms with Gasteiger partial charge in [-0.2, -0.15) is 11.8 Å². The van der Waals surface area contributed by atoms with Crippen LogP contribution in [0.3, 0.4) is 0 Å². The second kappa shape index (κ2) is 8.38. The van der Waals surface area contributed by atoms with E-state index in [4.69, 9.17) is 10.5 Å². The van der Waals surface area contributed by atoms with Gasteiger partial charge in [0.2, 0.25) is 0 Å². The molecule has 18 heavy (non-hydrogen) atoms. The van der Waals surface area contributed by atoms with Gasteiger partial charge in [-0.25, -0.2) is 4.39 Å². The third-order valence-electron chi connectivity index (χ3n) is 2.46. The number of hydrogen-bond donors (Lipinski definition) is 1. The number of ether oxygens (including phenoxy) is 1. The molecular weight excluding hydrogens is 249 g/mol. The third-order valence-corrected chi connectivity index (χ3v) is 3.44. The van der Waals surface area contributed by atoms with Gasteiger partial charge in [0.25, 0.3) is 0 Å². The van der Waals surface area contributed by atoms with E-state index in [1.807, 2.05) is 18.7 Å². The quantitative estimate of drug-likeness (QED) is 0.737. The molecule has 0 saturated heterocycles. The van der Waals surface area contributed by atoms with E-state index in [1.54, 1.807) is 6.07 Å². The van der Waals surface area contributed by atoms with Gasteiger partial charge < -0.3 is 10.5 Å². The van der Waals surface area contributed by atoms with Gasteiger partial charge >= 0.3 is 0 Å². The summed E-state index contributed by atoms with van der Waals surface area (Å²) in [6.07, 6.45) is 1.64. The fourth-order valence-electron chi connectivity index (χ4n) is 1.68. The van der Waals surface area contributed by atoms with Crippen LogP contribution in [-0.4, -0.2) is 24.2 Å². The van der Waals surface area contributed by atoms with Crippen molar-refractivity contribution >= 4 is 11.8 Å². The number of halogens is 1. The Hall–Kier alpha value is -0.740. The van der Waals surface area contributed by atoms with Crippen molar-refractivity contribution in [1.82, 2.24) is 0 Å². The molecule has 102 valence electrons. The molecule has 0 aromatic heterocycles. The SMILES string of the molecule is CCSCCCOc1ccc(F)cc1CC(C)N. The standard InChI is InChI=1S/C14H22FNOS/c1-3-18-8-4-7-17-14-6-5-13(15)10-12(14)9-11(2)16/h5-6,10-11H,3-4,7-9,16H2,1-2H3. The Morgan fingerprint density at radius 3 is 2.89 bits per heavy atom. The number of benzene rings is 1. The van der Waals surface area contributed by atoms with Crippen LogP contribution < -0.4 is 10.5 Å². The largest absolute Gasteiger partial charge is 0.493 e. The highest BCUT2D eigenvalue weighted by Gasteiger charge is 2.07. The predicted octanol–water partition coefficient (Wildman–Crippen LogP) is 3.24. The smallest absolute Gasteiger partial charge is 0.123 e. The summed E-state index contributed by atoms with van der Waals surface area (Å²) in [5.41, 5.74) is 6.61. The first kappa shape index (κ1) is 15.3. The van der Waals surface area contributed by atoms with Crippen molar-refractivity contribution in [3.63, 3.8) is 0 Å². The van der Waals surface area contributed by atoms with Gasteiger partial charge in [-0.05, 0) is 55.0 Å². The van der Waals surface area contributed by atoms with Crippen LogP contribution in [0, 0.1) is 5.82 Å². The molecular formula is C14H22FNOS. The predicted molar refractivity (Wildman–Crippen MR) is 76.9 cm³/mol. The molecule has 0 spiro atoms. The van der Waals surface area contributed by atoms with E-state index in [9.17, 15) is 4.39 Å². The van der Waals surface area contributed by atoms with Crippen LogP contribution in [0.25, 0.3) is 0 Å². The number of nitrogens with two attached hydrogens (primary N) is 1. The van der Waals surface area contributed by atoms with Crippen LogP contribution in [0.15, 0.2) is 18.2 Å². The lowest BCUT2D eigenvalue weighted by atomic mass is 10.1. The molecule has 4 heteroatoms. The molecule has 0 heterocycles. The molecule has 0 fully saturated rings. The van der Waals surface area contributed by atoms with Gasteiger partial charge in [-0.3, -0.25) is 0 Å². The van der Waals surface area contributed by atoms with Gasteiger partial charge in [0.15, 0.2) is 0 Å². The summed E-state index contributed by atoms with van der Waals surface area (Å²) in [5, 5.41) is 0. The molecule has 0 saturated carbocycles. The second-order valence-electron chi connectivity index (χ2n) is 4.33. The minimum absolute atomic E-state index is 0.00444. The fraction of sp³-hybridized carbons (Fsp3) is 0.571. The summed E-state index contributed by atoms with van der Waals surface area (Å²) in [5.74, 6) is 2.75. The zero-order valence-electron chi connectivity index (χ0n) is 11.1. The maximum Gasteiger partial charge on any atom is 0.123 e.